The second-order valence-electron chi connectivity index (χ2n) is 7.31. The van der Waals surface area contributed by atoms with Crippen molar-refractivity contribution in [2.75, 3.05) is 0 Å². The Bertz CT molecular complexity index is 472. The summed E-state index contributed by atoms with van der Waals surface area (Å²) in [6.07, 6.45) is 0.930. The number of rotatable bonds is 7. The highest BCUT2D eigenvalue weighted by Crippen LogP contribution is 2.34. The molecule has 0 amide bonds. The summed E-state index contributed by atoms with van der Waals surface area (Å²) < 4.78 is 0. The van der Waals surface area contributed by atoms with E-state index in [0.717, 1.165) is 12.0 Å². The first kappa shape index (κ1) is 17.7. The van der Waals surface area contributed by atoms with Crippen LogP contribution in [-0.2, 0) is 10.2 Å². The zero-order chi connectivity index (χ0) is 16.3. The highest BCUT2D eigenvalue weighted by molar-refractivity contribution is 5.67. The highest BCUT2D eigenvalue weighted by atomic mass is 16.4. The van der Waals surface area contributed by atoms with Crippen LogP contribution in [0.5, 0.6) is 0 Å². The lowest BCUT2D eigenvalue weighted by Gasteiger charge is -2.27. The fourth-order valence-electron chi connectivity index (χ4n) is 2.48. The molecule has 1 atom stereocenters. The monoisotopic (exact) mass is 292 g/mol. The SMILES string of the molecule is CCC(C)(C)c1ccc(C(O)CC(C)(C)CC(=O)O)cc1. The number of benzene rings is 1. The van der Waals surface area contributed by atoms with E-state index in [0.29, 0.717) is 6.42 Å². The summed E-state index contributed by atoms with van der Waals surface area (Å²) in [7, 11) is 0. The summed E-state index contributed by atoms with van der Waals surface area (Å²) in [5.41, 5.74) is 1.81. The van der Waals surface area contributed by atoms with Crippen molar-refractivity contribution in [2.24, 2.45) is 5.41 Å². The van der Waals surface area contributed by atoms with Crippen molar-refractivity contribution in [2.45, 2.75) is 65.4 Å². The maximum Gasteiger partial charge on any atom is 0.303 e. The smallest absolute Gasteiger partial charge is 0.303 e. The lowest BCUT2D eigenvalue weighted by Crippen LogP contribution is -2.20. The van der Waals surface area contributed by atoms with Crippen LogP contribution in [0.1, 0.15) is 71.1 Å². The molecule has 21 heavy (non-hydrogen) atoms. The second-order valence-corrected chi connectivity index (χ2v) is 7.31. The van der Waals surface area contributed by atoms with Crippen LogP contribution in [-0.4, -0.2) is 16.2 Å². The summed E-state index contributed by atoms with van der Waals surface area (Å²) in [5, 5.41) is 19.2. The molecule has 3 heteroatoms. The lowest BCUT2D eigenvalue weighted by molar-refractivity contribution is -0.139. The summed E-state index contributed by atoms with van der Waals surface area (Å²) >= 11 is 0. The molecular formula is C18H28O3. The summed E-state index contributed by atoms with van der Waals surface area (Å²) in [5.74, 6) is -0.827. The molecule has 0 radical (unpaired) electrons. The Labute approximate surface area is 128 Å². The van der Waals surface area contributed by atoms with Gasteiger partial charge in [-0.3, -0.25) is 4.79 Å². The van der Waals surface area contributed by atoms with Gasteiger partial charge in [-0.05, 0) is 34.8 Å². The number of carboxylic acids is 1. The van der Waals surface area contributed by atoms with Crippen molar-refractivity contribution in [1.82, 2.24) is 0 Å². The van der Waals surface area contributed by atoms with Crippen molar-refractivity contribution in [3.63, 3.8) is 0 Å². The van der Waals surface area contributed by atoms with Gasteiger partial charge in [0.15, 0.2) is 0 Å². The fourth-order valence-corrected chi connectivity index (χ4v) is 2.48. The molecule has 118 valence electrons. The Balaban J connectivity index is 2.80. The normalized spacial score (nSPS) is 14.0. The molecule has 0 aromatic heterocycles. The predicted molar refractivity (Wildman–Crippen MR) is 85.4 cm³/mol. The number of hydrogen-bond donors (Lipinski definition) is 2. The average molecular weight is 292 g/mol. The zero-order valence-electron chi connectivity index (χ0n) is 13.8. The summed E-state index contributed by atoms with van der Waals surface area (Å²) in [6, 6.07) is 8.03. The Morgan fingerprint density at radius 1 is 1.14 bits per heavy atom. The molecule has 0 bridgehead atoms. The molecule has 2 N–H and O–H groups in total. The van der Waals surface area contributed by atoms with Crippen molar-refractivity contribution in [3.8, 4) is 0 Å². The molecule has 0 spiro atoms. The molecule has 1 aromatic rings. The number of carbonyl (C=O) groups is 1. The molecule has 0 aliphatic carbocycles. The first-order valence-electron chi connectivity index (χ1n) is 7.58. The van der Waals surface area contributed by atoms with E-state index in [1.165, 1.54) is 5.56 Å². The number of carboxylic acid groups (broad SMARTS) is 1. The molecule has 1 rings (SSSR count). The third-order valence-corrected chi connectivity index (χ3v) is 4.34. The highest BCUT2D eigenvalue weighted by Gasteiger charge is 2.26. The largest absolute Gasteiger partial charge is 0.481 e. The molecule has 1 aromatic carbocycles. The van der Waals surface area contributed by atoms with Gasteiger partial charge in [-0.15, -0.1) is 0 Å². The van der Waals surface area contributed by atoms with E-state index in [2.05, 4.69) is 32.9 Å². The van der Waals surface area contributed by atoms with E-state index in [9.17, 15) is 9.90 Å². The second kappa shape index (κ2) is 6.61. The Hall–Kier alpha value is -1.35. The van der Waals surface area contributed by atoms with E-state index in [4.69, 9.17) is 5.11 Å². The Morgan fingerprint density at radius 2 is 1.67 bits per heavy atom. The van der Waals surface area contributed by atoms with Gasteiger partial charge in [-0.1, -0.05) is 58.9 Å². The van der Waals surface area contributed by atoms with Crippen LogP contribution >= 0.6 is 0 Å². The first-order valence-corrected chi connectivity index (χ1v) is 7.58. The molecule has 0 heterocycles. The van der Waals surface area contributed by atoms with Gasteiger partial charge in [-0.2, -0.15) is 0 Å². The number of aliphatic hydroxyl groups is 1. The number of hydrogen-bond acceptors (Lipinski definition) is 2. The van der Waals surface area contributed by atoms with E-state index < -0.39 is 17.5 Å². The molecule has 1 unspecified atom stereocenters. The minimum atomic E-state index is -0.827. The maximum absolute atomic E-state index is 10.8. The topological polar surface area (TPSA) is 57.5 Å². The van der Waals surface area contributed by atoms with E-state index in [-0.39, 0.29) is 11.8 Å². The van der Waals surface area contributed by atoms with Crippen LogP contribution in [0.4, 0.5) is 0 Å². The van der Waals surface area contributed by atoms with Crippen molar-refractivity contribution in [3.05, 3.63) is 35.4 Å². The first-order chi connectivity index (χ1) is 9.57. The minimum Gasteiger partial charge on any atom is -0.481 e. The standard InChI is InChI=1S/C18H28O3/c1-6-18(4,5)14-9-7-13(8-10-14)15(19)11-17(2,3)12-16(20)21/h7-10,15,19H,6,11-12H2,1-5H3,(H,20,21). The number of aliphatic carboxylic acids is 1. The molecule has 0 saturated heterocycles. The molecular weight excluding hydrogens is 264 g/mol. The predicted octanol–water partition coefficient (Wildman–Crippen LogP) is 4.30. The van der Waals surface area contributed by atoms with E-state index >= 15 is 0 Å². The molecule has 0 saturated carbocycles. The van der Waals surface area contributed by atoms with Crippen LogP contribution in [0.3, 0.4) is 0 Å². The van der Waals surface area contributed by atoms with E-state index in [1.807, 2.05) is 26.0 Å². The van der Waals surface area contributed by atoms with Crippen LogP contribution < -0.4 is 0 Å². The van der Waals surface area contributed by atoms with Crippen molar-refractivity contribution < 1.29 is 15.0 Å². The van der Waals surface area contributed by atoms with Gasteiger partial charge < -0.3 is 10.2 Å². The van der Waals surface area contributed by atoms with Crippen LogP contribution in [0.2, 0.25) is 0 Å². The average Bonchev–Trinajstić information content (AvgIpc) is 2.36. The van der Waals surface area contributed by atoms with Gasteiger partial charge >= 0.3 is 5.97 Å². The van der Waals surface area contributed by atoms with Gasteiger partial charge in [0.1, 0.15) is 0 Å². The third-order valence-electron chi connectivity index (χ3n) is 4.34. The van der Waals surface area contributed by atoms with Crippen LogP contribution in [0.25, 0.3) is 0 Å². The molecule has 0 aliphatic heterocycles. The van der Waals surface area contributed by atoms with Crippen molar-refractivity contribution in [1.29, 1.82) is 0 Å². The minimum absolute atomic E-state index is 0.0605. The van der Waals surface area contributed by atoms with Crippen LogP contribution in [0.15, 0.2) is 24.3 Å². The van der Waals surface area contributed by atoms with Gasteiger partial charge in [-0.25, -0.2) is 0 Å². The maximum atomic E-state index is 10.8. The Morgan fingerprint density at radius 3 is 2.10 bits per heavy atom. The van der Waals surface area contributed by atoms with Gasteiger partial charge in [0, 0.05) is 0 Å². The van der Waals surface area contributed by atoms with Crippen molar-refractivity contribution >= 4 is 5.97 Å². The molecule has 0 fully saturated rings. The van der Waals surface area contributed by atoms with Crippen LogP contribution in [0, 0.1) is 5.41 Å². The molecule has 0 aliphatic rings. The summed E-state index contributed by atoms with van der Waals surface area (Å²) in [4.78, 5) is 10.8. The summed E-state index contributed by atoms with van der Waals surface area (Å²) in [6.45, 7) is 10.3. The Kier molecular flexibility index (Phi) is 5.57. The van der Waals surface area contributed by atoms with Gasteiger partial charge in [0.05, 0.1) is 12.5 Å². The van der Waals surface area contributed by atoms with Gasteiger partial charge in [0.2, 0.25) is 0 Å². The fraction of sp³-hybridized carbons (Fsp3) is 0.611. The number of aliphatic hydroxyl groups excluding tert-OH is 1. The molecule has 3 nitrogen and oxygen atoms in total. The zero-order valence-corrected chi connectivity index (χ0v) is 13.8. The third kappa shape index (κ3) is 5.16. The van der Waals surface area contributed by atoms with E-state index in [1.54, 1.807) is 0 Å². The van der Waals surface area contributed by atoms with Gasteiger partial charge in [0.25, 0.3) is 0 Å². The quantitative estimate of drug-likeness (QED) is 0.787. The lowest BCUT2D eigenvalue weighted by atomic mass is 9.80.